The smallest absolute Gasteiger partial charge is 0.381 e. The lowest BCUT2D eigenvalue weighted by Crippen LogP contribution is -2.26. The Bertz CT molecular complexity index is 664. The van der Waals surface area contributed by atoms with Crippen molar-refractivity contribution in [3.8, 4) is 0 Å². The zero-order chi connectivity index (χ0) is 15.4. The summed E-state index contributed by atoms with van der Waals surface area (Å²) in [7, 11) is -5.59. The maximum absolute atomic E-state index is 13.2. The molecule has 2 atom stereocenters. The number of rotatable bonds is 3. The van der Waals surface area contributed by atoms with Crippen molar-refractivity contribution >= 4 is 15.5 Å². The maximum Gasteiger partial charge on any atom is 0.501 e. The molecule has 2 fully saturated rings. The molecule has 1 aromatic carbocycles. The molecule has 21 heavy (non-hydrogen) atoms. The van der Waals surface area contributed by atoms with E-state index in [1.54, 1.807) is 0 Å². The highest BCUT2D eigenvalue weighted by atomic mass is 32.2. The molecule has 1 saturated carbocycles. The van der Waals surface area contributed by atoms with Gasteiger partial charge in [0.2, 0.25) is 0 Å². The molecular weight excluding hydrogens is 312 g/mol. The minimum Gasteiger partial charge on any atom is -0.381 e. The number of sulfone groups is 1. The highest BCUT2D eigenvalue weighted by Gasteiger charge is 2.54. The fourth-order valence-electron chi connectivity index (χ4n) is 2.77. The van der Waals surface area contributed by atoms with E-state index in [4.69, 9.17) is 0 Å². The van der Waals surface area contributed by atoms with Crippen LogP contribution in [0.5, 0.6) is 0 Å². The molecule has 9 heteroatoms. The van der Waals surface area contributed by atoms with Crippen LogP contribution in [-0.4, -0.2) is 33.1 Å². The second-order valence-corrected chi connectivity index (χ2v) is 7.16. The van der Waals surface area contributed by atoms with Gasteiger partial charge >= 0.3 is 5.51 Å². The fraction of sp³-hybridized carbons (Fsp3) is 0.500. The summed E-state index contributed by atoms with van der Waals surface area (Å²) >= 11 is 0. The molecule has 1 aliphatic carbocycles. The van der Waals surface area contributed by atoms with Crippen LogP contribution in [0, 0.1) is 17.7 Å². The van der Waals surface area contributed by atoms with Gasteiger partial charge in [0, 0.05) is 19.1 Å². The average molecular weight is 324 g/mol. The van der Waals surface area contributed by atoms with Gasteiger partial charge < -0.3 is 10.6 Å². The van der Waals surface area contributed by atoms with Gasteiger partial charge in [0.1, 0.15) is 10.7 Å². The molecule has 0 bridgehead atoms. The van der Waals surface area contributed by atoms with Crippen molar-refractivity contribution in [1.29, 1.82) is 0 Å². The van der Waals surface area contributed by atoms with Gasteiger partial charge in [0.25, 0.3) is 9.84 Å². The van der Waals surface area contributed by atoms with E-state index < -0.39 is 26.1 Å². The lowest BCUT2D eigenvalue weighted by Gasteiger charge is -2.15. The first-order chi connectivity index (χ1) is 9.72. The number of hydrogen-bond donors (Lipinski definition) is 2. The van der Waals surface area contributed by atoms with Crippen LogP contribution in [0.1, 0.15) is 0 Å². The number of alkyl halides is 3. The molecule has 4 nitrogen and oxygen atoms in total. The third-order valence-electron chi connectivity index (χ3n) is 3.95. The average Bonchev–Trinajstić information content (AvgIpc) is 2.83. The molecular formula is C12H12F4N2O2S. The van der Waals surface area contributed by atoms with Crippen LogP contribution >= 0.6 is 0 Å². The van der Waals surface area contributed by atoms with Crippen LogP contribution in [-0.2, 0) is 9.84 Å². The normalized spacial score (nSPS) is 28.3. The molecule has 2 N–H and O–H groups in total. The zero-order valence-corrected chi connectivity index (χ0v) is 11.4. The van der Waals surface area contributed by atoms with Gasteiger partial charge in [-0.15, -0.1) is 0 Å². The third-order valence-corrected chi connectivity index (χ3v) is 5.48. The number of nitrogens with one attached hydrogen (secondary N) is 2. The first-order valence-corrected chi connectivity index (χ1v) is 7.78. The Morgan fingerprint density at radius 1 is 1.19 bits per heavy atom. The van der Waals surface area contributed by atoms with E-state index in [9.17, 15) is 26.0 Å². The molecule has 2 unspecified atom stereocenters. The van der Waals surface area contributed by atoms with E-state index in [1.165, 1.54) is 0 Å². The van der Waals surface area contributed by atoms with Gasteiger partial charge in [-0.3, -0.25) is 0 Å². The number of halogens is 4. The number of piperidine rings is 1. The van der Waals surface area contributed by atoms with Gasteiger partial charge in [-0.25, -0.2) is 12.8 Å². The molecule has 1 saturated heterocycles. The van der Waals surface area contributed by atoms with Crippen molar-refractivity contribution in [2.24, 2.45) is 11.8 Å². The van der Waals surface area contributed by atoms with Gasteiger partial charge in [-0.1, -0.05) is 0 Å². The van der Waals surface area contributed by atoms with Crippen molar-refractivity contribution in [1.82, 2.24) is 5.32 Å². The second-order valence-electron chi connectivity index (χ2n) is 5.25. The van der Waals surface area contributed by atoms with Crippen LogP contribution < -0.4 is 10.6 Å². The summed E-state index contributed by atoms with van der Waals surface area (Å²) in [5, 5.41) is 5.92. The van der Waals surface area contributed by atoms with Crippen LogP contribution in [0.3, 0.4) is 0 Å². The Kier molecular flexibility index (Phi) is 3.17. The molecule has 1 aromatic rings. The Morgan fingerprint density at radius 2 is 1.81 bits per heavy atom. The number of hydrogen-bond acceptors (Lipinski definition) is 4. The predicted octanol–water partition coefficient (Wildman–Crippen LogP) is 1.75. The number of fused-ring (bicyclic) bond motifs is 1. The summed E-state index contributed by atoms with van der Waals surface area (Å²) in [5.41, 5.74) is -5.66. The van der Waals surface area contributed by atoms with Crippen molar-refractivity contribution in [2.75, 3.05) is 18.4 Å². The third kappa shape index (κ3) is 2.38. The maximum atomic E-state index is 13.2. The van der Waals surface area contributed by atoms with Gasteiger partial charge in [-0.2, -0.15) is 13.2 Å². The summed E-state index contributed by atoms with van der Waals surface area (Å²) in [6.07, 6.45) is 0. The summed E-state index contributed by atoms with van der Waals surface area (Å²) < 4.78 is 74.2. The van der Waals surface area contributed by atoms with Crippen molar-refractivity contribution in [3.05, 3.63) is 24.0 Å². The van der Waals surface area contributed by atoms with Crippen molar-refractivity contribution in [2.45, 2.75) is 16.4 Å². The van der Waals surface area contributed by atoms with Crippen molar-refractivity contribution < 1.29 is 26.0 Å². The Labute approximate surface area is 118 Å². The molecule has 1 heterocycles. The lowest BCUT2D eigenvalue weighted by molar-refractivity contribution is -0.0435. The largest absolute Gasteiger partial charge is 0.501 e. The van der Waals surface area contributed by atoms with Gasteiger partial charge in [0.15, 0.2) is 0 Å². The number of benzene rings is 1. The Morgan fingerprint density at radius 3 is 2.38 bits per heavy atom. The molecule has 2 aliphatic rings. The summed E-state index contributed by atoms with van der Waals surface area (Å²) in [4.78, 5) is -1.06. The Hall–Kier alpha value is -1.35. The van der Waals surface area contributed by atoms with Crippen LogP contribution in [0.15, 0.2) is 23.1 Å². The second kappa shape index (κ2) is 4.57. The van der Waals surface area contributed by atoms with E-state index in [2.05, 4.69) is 10.6 Å². The minimum absolute atomic E-state index is 0.0705. The van der Waals surface area contributed by atoms with E-state index in [-0.39, 0.29) is 23.6 Å². The Balaban J connectivity index is 1.94. The quantitative estimate of drug-likeness (QED) is 0.832. The highest BCUT2D eigenvalue weighted by molar-refractivity contribution is 7.92. The first-order valence-electron chi connectivity index (χ1n) is 6.30. The SMILES string of the molecule is O=S(=O)(c1cc(F)ccc1NC1C2CNCC21)C(F)(F)F. The first kappa shape index (κ1) is 14.6. The fourth-order valence-corrected chi connectivity index (χ4v) is 3.71. The minimum atomic E-state index is -5.59. The van der Waals surface area contributed by atoms with Crippen LogP contribution in [0.4, 0.5) is 23.2 Å². The molecule has 1 aliphatic heterocycles. The van der Waals surface area contributed by atoms with E-state index >= 15 is 0 Å². The lowest BCUT2D eigenvalue weighted by atomic mass is 10.3. The van der Waals surface area contributed by atoms with Gasteiger partial charge in [0.05, 0.1) is 5.69 Å². The van der Waals surface area contributed by atoms with Gasteiger partial charge in [-0.05, 0) is 30.0 Å². The van der Waals surface area contributed by atoms with E-state index in [1.807, 2.05) is 0 Å². The summed E-state index contributed by atoms with van der Waals surface area (Å²) in [5.74, 6) is -0.478. The molecule has 116 valence electrons. The summed E-state index contributed by atoms with van der Waals surface area (Å²) in [6, 6.07) is 2.31. The summed E-state index contributed by atoms with van der Waals surface area (Å²) in [6.45, 7) is 1.48. The van der Waals surface area contributed by atoms with Crippen LogP contribution in [0.2, 0.25) is 0 Å². The number of anilines is 1. The molecule has 0 aromatic heterocycles. The monoisotopic (exact) mass is 324 g/mol. The molecule has 0 amide bonds. The molecule has 3 rings (SSSR count). The molecule has 0 radical (unpaired) electrons. The highest BCUT2D eigenvalue weighted by Crippen LogP contribution is 2.45. The van der Waals surface area contributed by atoms with Crippen LogP contribution in [0.25, 0.3) is 0 Å². The van der Waals surface area contributed by atoms with E-state index in [0.29, 0.717) is 6.07 Å². The standard InChI is InChI=1S/C12H12F4N2O2S/c13-6-1-2-9(18-11-7-4-17-5-8(7)11)10(3-6)21(19,20)12(14,15)16/h1-3,7-8,11,17-18H,4-5H2. The topological polar surface area (TPSA) is 58.2 Å². The predicted molar refractivity (Wildman–Crippen MR) is 66.9 cm³/mol. The van der Waals surface area contributed by atoms with Crippen molar-refractivity contribution in [3.63, 3.8) is 0 Å². The zero-order valence-electron chi connectivity index (χ0n) is 10.6. The van der Waals surface area contributed by atoms with E-state index in [0.717, 1.165) is 25.2 Å². The molecule has 0 spiro atoms.